The maximum Gasteiger partial charge on any atom is 0.338 e. The molecule has 0 unspecified atom stereocenters. The fraction of sp³-hybridized carbons (Fsp3) is 0.105. The summed E-state index contributed by atoms with van der Waals surface area (Å²) in [5.41, 5.74) is 2.34. The third-order valence-corrected chi connectivity index (χ3v) is 3.53. The summed E-state index contributed by atoms with van der Waals surface area (Å²) >= 11 is 0. The van der Waals surface area contributed by atoms with E-state index in [1.165, 1.54) is 0 Å². The van der Waals surface area contributed by atoms with Gasteiger partial charge in [-0.1, -0.05) is 24.3 Å². The van der Waals surface area contributed by atoms with Crippen molar-refractivity contribution in [3.63, 3.8) is 0 Å². The van der Waals surface area contributed by atoms with Gasteiger partial charge in [-0.2, -0.15) is 0 Å². The number of amides is 2. The Kier molecular flexibility index (Phi) is 6.52. The molecule has 0 atom stereocenters. The number of nitrogens with one attached hydrogen (secondary N) is 2. The summed E-state index contributed by atoms with van der Waals surface area (Å²) in [6, 6.07) is 15.5. The van der Waals surface area contributed by atoms with Gasteiger partial charge in [0.25, 0.3) is 0 Å². The number of esters is 1. The minimum Gasteiger partial charge on any atom is -0.462 e. The van der Waals surface area contributed by atoms with Crippen LogP contribution in [0.15, 0.2) is 60.8 Å². The Morgan fingerprint density at radius 3 is 2.65 bits per heavy atom. The van der Waals surface area contributed by atoms with E-state index in [0.717, 1.165) is 10.9 Å². The van der Waals surface area contributed by atoms with Crippen molar-refractivity contribution in [2.45, 2.75) is 6.92 Å². The molecule has 0 fully saturated rings. The zero-order valence-electron chi connectivity index (χ0n) is 14.1. The fourth-order valence-corrected chi connectivity index (χ4v) is 2.43. The van der Waals surface area contributed by atoms with Gasteiger partial charge in [0.05, 0.1) is 23.4 Å². The molecule has 0 saturated carbocycles. The summed E-state index contributed by atoms with van der Waals surface area (Å²) in [7, 11) is 0. The molecule has 3 aromatic rings. The van der Waals surface area contributed by atoms with E-state index in [1.807, 2.05) is 24.3 Å². The van der Waals surface area contributed by atoms with E-state index in [2.05, 4.69) is 15.6 Å². The van der Waals surface area contributed by atoms with Gasteiger partial charge in [-0.25, -0.2) is 9.59 Å². The molecule has 0 aliphatic rings. The molecule has 0 aliphatic heterocycles. The molecule has 2 N–H and O–H groups in total. The summed E-state index contributed by atoms with van der Waals surface area (Å²) in [4.78, 5) is 28.3. The molecule has 0 spiro atoms. The molecule has 1 heterocycles. The minimum atomic E-state index is -0.424. The van der Waals surface area contributed by atoms with E-state index in [4.69, 9.17) is 4.74 Å². The van der Waals surface area contributed by atoms with Crippen molar-refractivity contribution in [1.82, 2.24) is 4.98 Å². The van der Waals surface area contributed by atoms with Crippen LogP contribution in [0.1, 0.15) is 17.3 Å². The Balaban J connectivity index is 0.00000243. The standard InChI is InChI=1S/C19H17N3O3.ClH/c1-2-25-18(23)13-6-5-7-14(12-13)21-19(24)22-17-10-11-20-16-9-4-3-8-15(16)17;/h3-12H,2H2,1H3,(H2,20,21,22,24);1H. The number of para-hydroxylation sites is 1. The Labute approximate surface area is 157 Å². The van der Waals surface area contributed by atoms with Gasteiger partial charge in [-0.3, -0.25) is 4.98 Å². The van der Waals surface area contributed by atoms with Crippen molar-refractivity contribution >= 4 is 46.7 Å². The summed E-state index contributed by atoms with van der Waals surface area (Å²) < 4.78 is 4.96. The Morgan fingerprint density at radius 1 is 1.04 bits per heavy atom. The normalized spacial score (nSPS) is 9.88. The van der Waals surface area contributed by atoms with Gasteiger partial charge in [0, 0.05) is 17.3 Å². The number of hydrogen-bond donors (Lipinski definition) is 2. The molecule has 3 rings (SSSR count). The number of fused-ring (bicyclic) bond motifs is 1. The van der Waals surface area contributed by atoms with Crippen molar-refractivity contribution < 1.29 is 14.3 Å². The molecule has 0 saturated heterocycles. The highest BCUT2D eigenvalue weighted by Gasteiger charge is 2.09. The number of carbonyl (C=O) groups excluding carboxylic acids is 2. The van der Waals surface area contributed by atoms with Crippen LogP contribution in [0.25, 0.3) is 10.9 Å². The van der Waals surface area contributed by atoms with E-state index in [1.54, 1.807) is 43.5 Å². The molecule has 1 aromatic heterocycles. The number of benzene rings is 2. The number of hydrogen-bond acceptors (Lipinski definition) is 4. The van der Waals surface area contributed by atoms with Crippen LogP contribution in [-0.4, -0.2) is 23.6 Å². The molecule has 0 aliphatic carbocycles. The first-order valence-corrected chi connectivity index (χ1v) is 7.86. The average molecular weight is 372 g/mol. The second-order valence-corrected chi connectivity index (χ2v) is 5.26. The van der Waals surface area contributed by atoms with E-state index in [-0.39, 0.29) is 12.4 Å². The first kappa shape index (κ1) is 19.2. The second kappa shape index (κ2) is 8.82. The smallest absolute Gasteiger partial charge is 0.338 e. The number of ether oxygens (including phenoxy) is 1. The molecule has 6 nitrogen and oxygen atoms in total. The van der Waals surface area contributed by atoms with Crippen LogP contribution < -0.4 is 10.6 Å². The lowest BCUT2D eigenvalue weighted by Gasteiger charge is -2.10. The van der Waals surface area contributed by atoms with Gasteiger partial charge >= 0.3 is 12.0 Å². The molecule has 26 heavy (non-hydrogen) atoms. The van der Waals surface area contributed by atoms with Crippen LogP contribution in [0, 0.1) is 0 Å². The number of aromatic nitrogens is 1. The first-order chi connectivity index (χ1) is 12.2. The highest BCUT2D eigenvalue weighted by Crippen LogP contribution is 2.21. The molecule has 0 radical (unpaired) electrons. The van der Waals surface area contributed by atoms with Gasteiger partial charge in [0.1, 0.15) is 0 Å². The number of carbonyl (C=O) groups is 2. The van der Waals surface area contributed by atoms with Crippen LogP contribution in [0.4, 0.5) is 16.2 Å². The van der Waals surface area contributed by atoms with E-state index in [9.17, 15) is 9.59 Å². The van der Waals surface area contributed by atoms with Crippen LogP contribution in [0.3, 0.4) is 0 Å². The fourth-order valence-electron chi connectivity index (χ4n) is 2.43. The van der Waals surface area contributed by atoms with Gasteiger partial charge in [0.2, 0.25) is 0 Å². The van der Waals surface area contributed by atoms with E-state index < -0.39 is 12.0 Å². The van der Waals surface area contributed by atoms with Crippen molar-refractivity contribution in [2.75, 3.05) is 17.2 Å². The third kappa shape index (κ3) is 4.49. The largest absolute Gasteiger partial charge is 0.462 e. The lowest BCUT2D eigenvalue weighted by molar-refractivity contribution is 0.0526. The minimum absolute atomic E-state index is 0. The molecular weight excluding hydrogens is 354 g/mol. The number of nitrogens with zero attached hydrogens (tertiary/aromatic N) is 1. The average Bonchev–Trinajstić information content (AvgIpc) is 2.62. The summed E-state index contributed by atoms with van der Waals surface area (Å²) in [5, 5.41) is 6.36. The van der Waals surface area contributed by atoms with Crippen molar-refractivity contribution in [1.29, 1.82) is 0 Å². The summed E-state index contributed by atoms with van der Waals surface area (Å²) in [6.07, 6.45) is 1.64. The Bertz CT molecular complexity index is 925. The zero-order valence-corrected chi connectivity index (χ0v) is 14.9. The second-order valence-electron chi connectivity index (χ2n) is 5.26. The van der Waals surface area contributed by atoms with Crippen molar-refractivity contribution in [3.8, 4) is 0 Å². The third-order valence-electron chi connectivity index (χ3n) is 3.53. The number of pyridine rings is 1. The maximum absolute atomic E-state index is 12.3. The highest BCUT2D eigenvalue weighted by molar-refractivity contribution is 6.05. The van der Waals surface area contributed by atoms with Crippen molar-refractivity contribution in [2.24, 2.45) is 0 Å². The molecule has 2 aromatic carbocycles. The van der Waals surface area contributed by atoms with Crippen molar-refractivity contribution in [3.05, 3.63) is 66.4 Å². The highest BCUT2D eigenvalue weighted by atomic mass is 35.5. The maximum atomic E-state index is 12.3. The summed E-state index contributed by atoms with van der Waals surface area (Å²) in [5.74, 6) is -0.424. The quantitative estimate of drug-likeness (QED) is 0.663. The van der Waals surface area contributed by atoms with Gasteiger partial charge in [-0.15, -0.1) is 12.4 Å². The first-order valence-electron chi connectivity index (χ1n) is 7.86. The summed E-state index contributed by atoms with van der Waals surface area (Å²) in [6.45, 7) is 2.04. The predicted octanol–water partition coefficient (Wildman–Crippen LogP) is 4.48. The van der Waals surface area contributed by atoms with Crippen LogP contribution >= 0.6 is 12.4 Å². The lowest BCUT2D eigenvalue weighted by Crippen LogP contribution is -2.20. The number of urea groups is 1. The van der Waals surface area contributed by atoms with Gasteiger partial charge < -0.3 is 15.4 Å². The monoisotopic (exact) mass is 371 g/mol. The topological polar surface area (TPSA) is 80.3 Å². The predicted molar refractivity (Wildman–Crippen MR) is 104 cm³/mol. The van der Waals surface area contributed by atoms with E-state index in [0.29, 0.717) is 23.5 Å². The zero-order chi connectivity index (χ0) is 17.6. The number of rotatable bonds is 4. The number of anilines is 2. The molecule has 2 amide bonds. The van der Waals surface area contributed by atoms with Crippen LogP contribution in [0.2, 0.25) is 0 Å². The van der Waals surface area contributed by atoms with Crippen LogP contribution in [0.5, 0.6) is 0 Å². The molecule has 134 valence electrons. The van der Waals surface area contributed by atoms with Crippen LogP contribution in [-0.2, 0) is 4.74 Å². The van der Waals surface area contributed by atoms with E-state index >= 15 is 0 Å². The Morgan fingerprint density at radius 2 is 1.85 bits per heavy atom. The van der Waals surface area contributed by atoms with Gasteiger partial charge in [0.15, 0.2) is 0 Å². The molecule has 7 heteroatoms. The molecular formula is C19H18ClN3O3. The number of halogens is 1. The SMILES string of the molecule is CCOC(=O)c1cccc(NC(=O)Nc2ccnc3ccccc23)c1.Cl. The Hall–Kier alpha value is -3.12. The van der Waals surface area contributed by atoms with Gasteiger partial charge in [-0.05, 0) is 37.3 Å². The molecule has 0 bridgehead atoms. The lowest BCUT2D eigenvalue weighted by atomic mass is 10.2.